The number of likely N-dealkylation sites (tertiary alicyclic amines) is 1. The first-order chi connectivity index (χ1) is 9.94. The van der Waals surface area contributed by atoms with Crippen molar-refractivity contribution >= 4 is 23.6 Å². The molecule has 21 heavy (non-hydrogen) atoms. The standard InChI is InChI=1S/C15H26N2O3S/c1-15(2)14(19)16-12(10-21-15)13(18)17-7-4-11(5-8-17)6-9-20-3/h11-12H,4-10H2,1-3H3,(H,16,19)/t12-/m0/s1. The fourth-order valence-corrected chi connectivity index (χ4v) is 3.81. The lowest BCUT2D eigenvalue weighted by Gasteiger charge is -2.38. The van der Waals surface area contributed by atoms with Crippen LogP contribution < -0.4 is 5.32 Å². The normalized spacial score (nSPS) is 26.5. The number of ether oxygens (including phenoxy) is 1. The van der Waals surface area contributed by atoms with Gasteiger partial charge in [-0.05, 0) is 39.0 Å². The van der Waals surface area contributed by atoms with Gasteiger partial charge in [-0.15, -0.1) is 11.8 Å². The Morgan fingerprint density at radius 2 is 2.10 bits per heavy atom. The van der Waals surface area contributed by atoms with E-state index in [-0.39, 0.29) is 17.9 Å². The predicted octanol–water partition coefficient (Wildman–Crippen LogP) is 1.27. The summed E-state index contributed by atoms with van der Waals surface area (Å²) in [7, 11) is 1.73. The van der Waals surface area contributed by atoms with Crippen LogP contribution in [0.3, 0.4) is 0 Å². The molecule has 0 aromatic heterocycles. The SMILES string of the molecule is COCCC1CCN(C(=O)[C@@H]2CSC(C)(C)C(=O)N2)CC1. The van der Waals surface area contributed by atoms with Gasteiger partial charge in [-0.25, -0.2) is 0 Å². The van der Waals surface area contributed by atoms with Gasteiger partial charge in [0.05, 0.1) is 4.75 Å². The number of carbonyl (C=O) groups excluding carboxylic acids is 2. The van der Waals surface area contributed by atoms with Crippen molar-refractivity contribution in [3.8, 4) is 0 Å². The average molecular weight is 314 g/mol. The molecule has 0 aliphatic carbocycles. The Labute approximate surface area is 131 Å². The molecule has 2 aliphatic rings. The highest BCUT2D eigenvalue weighted by Gasteiger charge is 2.39. The zero-order valence-electron chi connectivity index (χ0n) is 13.2. The Morgan fingerprint density at radius 3 is 2.67 bits per heavy atom. The Hall–Kier alpha value is -0.750. The van der Waals surface area contributed by atoms with Crippen molar-refractivity contribution in [3.63, 3.8) is 0 Å². The topological polar surface area (TPSA) is 58.6 Å². The molecule has 120 valence electrons. The van der Waals surface area contributed by atoms with Gasteiger partial charge < -0.3 is 15.0 Å². The van der Waals surface area contributed by atoms with Gasteiger partial charge in [0, 0.05) is 32.6 Å². The highest BCUT2D eigenvalue weighted by atomic mass is 32.2. The molecule has 0 unspecified atom stereocenters. The zero-order valence-corrected chi connectivity index (χ0v) is 14.0. The van der Waals surface area contributed by atoms with Crippen molar-refractivity contribution in [3.05, 3.63) is 0 Å². The molecule has 1 N–H and O–H groups in total. The molecule has 0 aromatic carbocycles. The molecule has 0 aromatic rings. The second-order valence-corrected chi connectivity index (χ2v) is 8.04. The van der Waals surface area contributed by atoms with Crippen LogP contribution in [0.2, 0.25) is 0 Å². The van der Waals surface area contributed by atoms with E-state index in [4.69, 9.17) is 4.74 Å². The molecule has 2 fully saturated rings. The minimum atomic E-state index is -0.427. The number of hydrogen-bond donors (Lipinski definition) is 1. The van der Waals surface area contributed by atoms with Crippen molar-refractivity contribution in [2.45, 2.75) is 43.9 Å². The maximum Gasteiger partial charge on any atom is 0.246 e. The summed E-state index contributed by atoms with van der Waals surface area (Å²) in [5, 5.41) is 2.88. The van der Waals surface area contributed by atoms with Crippen LogP contribution in [-0.2, 0) is 14.3 Å². The first-order valence-electron chi connectivity index (χ1n) is 7.66. The monoisotopic (exact) mass is 314 g/mol. The summed E-state index contributed by atoms with van der Waals surface area (Å²) < 4.78 is 4.69. The molecule has 0 radical (unpaired) electrons. The summed E-state index contributed by atoms with van der Waals surface area (Å²) in [6.45, 7) is 6.19. The van der Waals surface area contributed by atoms with Crippen molar-refractivity contribution in [2.24, 2.45) is 5.92 Å². The number of nitrogens with one attached hydrogen (secondary N) is 1. The van der Waals surface area contributed by atoms with Crippen LogP contribution in [0.1, 0.15) is 33.1 Å². The lowest BCUT2D eigenvalue weighted by Crippen LogP contribution is -2.58. The van der Waals surface area contributed by atoms with E-state index in [1.165, 1.54) is 0 Å². The minimum absolute atomic E-state index is 0.0351. The molecule has 2 saturated heterocycles. The van der Waals surface area contributed by atoms with Gasteiger partial charge in [0.2, 0.25) is 11.8 Å². The molecule has 1 atom stereocenters. The van der Waals surface area contributed by atoms with Crippen LogP contribution >= 0.6 is 11.8 Å². The third-order valence-corrected chi connectivity index (χ3v) is 5.82. The first-order valence-corrected chi connectivity index (χ1v) is 8.65. The third-order valence-electron chi connectivity index (χ3n) is 4.42. The largest absolute Gasteiger partial charge is 0.385 e. The number of rotatable bonds is 4. The van der Waals surface area contributed by atoms with Crippen LogP contribution in [0.5, 0.6) is 0 Å². The van der Waals surface area contributed by atoms with Crippen LogP contribution in [0.4, 0.5) is 0 Å². The summed E-state index contributed by atoms with van der Waals surface area (Å²) in [5.74, 6) is 1.37. The number of methoxy groups -OCH3 is 1. The molecule has 6 heteroatoms. The Kier molecular flexibility index (Phi) is 5.54. The number of piperidine rings is 1. The van der Waals surface area contributed by atoms with Crippen LogP contribution in [-0.4, -0.2) is 60.1 Å². The van der Waals surface area contributed by atoms with E-state index in [0.717, 1.165) is 39.0 Å². The summed E-state index contributed by atoms with van der Waals surface area (Å²) in [5.41, 5.74) is 0. The number of hydrogen-bond acceptors (Lipinski definition) is 4. The van der Waals surface area contributed by atoms with Gasteiger partial charge in [-0.3, -0.25) is 9.59 Å². The van der Waals surface area contributed by atoms with E-state index in [1.54, 1.807) is 18.9 Å². The number of nitrogens with zero attached hydrogens (tertiary/aromatic N) is 1. The molecule has 5 nitrogen and oxygen atoms in total. The van der Waals surface area contributed by atoms with Crippen LogP contribution in [0.15, 0.2) is 0 Å². The maximum absolute atomic E-state index is 12.5. The van der Waals surface area contributed by atoms with Crippen LogP contribution in [0.25, 0.3) is 0 Å². The molecule has 2 rings (SSSR count). The fourth-order valence-electron chi connectivity index (χ4n) is 2.81. The fraction of sp³-hybridized carbons (Fsp3) is 0.867. The molecule has 0 saturated carbocycles. The second kappa shape index (κ2) is 7.01. The maximum atomic E-state index is 12.5. The summed E-state index contributed by atoms with van der Waals surface area (Å²) >= 11 is 1.56. The van der Waals surface area contributed by atoms with E-state index < -0.39 is 4.75 Å². The Bertz CT molecular complexity index is 392. The van der Waals surface area contributed by atoms with Crippen LogP contribution in [0, 0.1) is 5.92 Å². The average Bonchev–Trinajstić information content (AvgIpc) is 2.48. The smallest absolute Gasteiger partial charge is 0.246 e. The highest BCUT2D eigenvalue weighted by Crippen LogP contribution is 2.30. The minimum Gasteiger partial charge on any atom is -0.385 e. The number of carbonyl (C=O) groups is 2. The van der Waals surface area contributed by atoms with Gasteiger partial charge in [0.25, 0.3) is 0 Å². The van der Waals surface area contributed by atoms with Gasteiger partial charge >= 0.3 is 0 Å². The summed E-state index contributed by atoms with van der Waals surface area (Å²) in [4.78, 5) is 26.4. The van der Waals surface area contributed by atoms with E-state index in [9.17, 15) is 9.59 Å². The summed E-state index contributed by atoms with van der Waals surface area (Å²) in [6, 6.07) is -0.356. The molecular formula is C15H26N2O3S. The molecular weight excluding hydrogens is 288 g/mol. The molecule has 2 aliphatic heterocycles. The number of amides is 2. The lowest BCUT2D eigenvalue weighted by molar-refractivity contribution is -0.137. The summed E-state index contributed by atoms with van der Waals surface area (Å²) in [6.07, 6.45) is 3.14. The Balaban J connectivity index is 1.81. The van der Waals surface area contributed by atoms with Gasteiger partial charge in [0.15, 0.2) is 0 Å². The van der Waals surface area contributed by atoms with E-state index in [1.807, 2.05) is 18.7 Å². The van der Waals surface area contributed by atoms with Crippen molar-refractivity contribution in [1.29, 1.82) is 0 Å². The molecule has 2 amide bonds. The first kappa shape index (κ1) is 16.6. The van der Waals surface area contributed by atoms with E-state index >= 15 is 0 Å². The van der Waals surface area contributed by atoms with Crippen molar-refractivity contribution in [2.75, 3.05) is 32.6 Å². The zero-order chi connectivity index (χ0) is 15.5. The van der Waals surface area contributed by atoms with E-state index in [2.05, 4.69) is 5.32 Å². The number of thioether (sulfide) groups is 1. The van der Waals surface area contributed by atoms with Gasteiger partial charge in [0.1, 0.15) is 6.04 Å². The second-order valence-electron chi connectivity index (χ2n) is 6.40. The highest BCUT2D eigenvalue weighted by molar-refractivity contribution is 8.01. The van der Waals surface area contributed by atoms with Gasteiger partial charge in [-0.2, -0.15) is 0 Å². The molecule has 0 spiro atoms. The van der Waals surface area contributed by atoms with Crippen molar-refractivity contribution in [1.82, 2.24) is 10.2 Å². The Morgan fingerprint density at radius 1 is 1.43 bits per heavy atom. The van der Waals surface area contributed by atoms with E-state index in [0.29, 0.717) is 11.7 Å². The van der Waals surface area contributed by atoms with Gasteiger partial charge in [-0.1, -0.05) is 0 Å². The molecule has 2 heterocycles. The lowest BCUT2D eigenvalue weighted by atomic mass is 9.93. The predicted molar refractivity (Wildman–Crippen MR) is 84.3 cm³/mol. The van der Waals surface area contributed by atoms with Crippen molar-refractivity contribution < 1.29 is 14.3 Å². The molecule has 0 bridgehead atoms. The third kappa shape index (κ3) is 4.13. The quantitative estimate of drug-likeness (QED) is 0.849.